The van der Waals surface area contributed by atoms with E-state index in [9.17, 15) is 17.2 Å². The van der Waals surface area contributed by atoms with Crippen LogP contribution >= 0.6 is 0 Å². The number of hydrogen-bond acceptors (Lipinski definition) is 3. The maximum absolute atomic E-state index is 13.6. The van der Waals surface area contributed by atoms with Gasteiger partial charge in [0.05, 0.1) is 4.90 Å². The quantitative estimate of drug-likeness (QED) is 0.856. The van der Waals surface area contributed by atoms with Gasteiger partial charge in [-0.05, 0) is 49.7 Å². The first-order valence-corrected chi connectivity index (χ1v) is 7.53. The Labute approximate surface area is 121 Å². The highest BCUT2D eigenvalue weighted by atomic mass is 32.2. The number of rotatable bonds is 3. The molecule has 2 rings (SSSR count). The van der Waals surface area contributed by atoms with Gasteiger partial charge in [0.25, 0.3) is 10.0 Å². The number of halogens is 2. The number of sulfonamides is 1. The zero-order valence-corrected chi connectivity index (χ0v) is 12.3. The van der Waals surface area contributed by atoms with Crippen molar-refractivity contribution in [2.24, 2.45) is 0 Å². The third-order valence-electron chi connectivity index (χ3n) is 3.02. The molecule has 7 heteroatoms. The second-order valence-corrected chi connectivity index (χ2v) is 6.35. The van der Waals surface area contributed by atoms with Crippen molar-refractivity contribution in [3.63, 3.8) is 0 Å². The summed E-state index contributed by atoms with van der Waals surface area (Å²) in [6.45, 7) is 2.86. The Morgan fingerprint density at radius 2 is 1.71 bits per heavy atom. The summed E-state index contributed by atoms with van der Waals surface area (Å²) in [5.41, 5.74) is 5.94. The van der Waals surface area contributed by atoms with E-state index >= 15 is 0 Å². The number of nitrogens with one attached hydrogen (secondary N) is 1. The van der Waals surface area contributed by atoms with Crippen molar-refractivity contribution in [3.8, 4) is 0 Å². The molecule has 0 amide bonds. The van der Waals surface area contributed by atoms with Gasteiger partial charge in [-0.15, -0.1) is 0 Å². The molecular formula is C14H14F2N2O2S. The molecule has 0 spiro atoms. The first kappa shape index (κ1) is 15.2. The monoisotopic (exact) mass is 312 g/mol. The Morgan fingerprint density at radius 1 is 1.05 bits per heavy atom. The van der Waals surface area contributed by atoms with Crippen molar-refractivity contribution >= 4 is 21.4 Å². The second-order valence-electron chi connectivity index (χ2n) is 4.70. The summed E-state index contributed by atoms with van der Waals surface area (Å²) in [4.78, 5) is -0.248. The molecule has 0 fully saturated rings. The van der Waals surface area contributed by atoms with Crippen molar-refractivity contribution in [2.75, 3.05) is 10.5 Å². The average Bonchev–Trinajstić information content (AvgIpc) is 2.37. The largest absolute Gasteiger partial charge is 0.399 e. The SMILES string of the molecule is Cc1cc(NS(=O)(=O)c2cc(N)cc(F)c2C)ccc1F. The summed E-state index contributed by atoms with van der Waals surface area (Å²) in [6, 6.07) is 6.02. The zero-order chi connectivity index (χ0) is 15.8. The van der Waals surface area contributed by atoms with Crippen LogP contribution in [0, 0.1) is 25.5 Å². The number of anilines is 2. The molecule has 21 heavy (non-hydrogen) atoms. The highest BCUT2D eigenvalue weighted by molar-refractivity contribution is 7.92. The molecule has 4 nitrogen and oxygen atoms in total. The second kappa shape index (κ2) is 5.33. The molecular weight excluding hydrogens is 298 g/mol. The fourth-order valence-corrected chi connectivity index (χ4v) is 3.21. The molecule has 0 saturated heterocycles. The van der Waals surface area contributed by atoms with E-state index < -0.39 is 21.7 Å². The predicted octanol–water partition coefficient (Wildman–Crippen LogP) is 2.96. The molecule has 0 aliphatic heterocycles. The first-order valence-electron chi connectivity index (χ1n) is 6.05. The van der Waals surface area contributed by atoms with E-state index in [4.69, 9.17) is 5.73 Å². The Balaban J connectivity index is 2.45. The van der Waals surface area contributed by atoms with Gasteiger partial charge in [0.2, 0.25) is 0 Å². The molecule has 0 radical (unpaired) electrons. The minimum atomic E-state index is -4.01. The lowest BCUT2D eigenvalue weighted by molar-refractivity contribution is 0.591. The minimum absolute atomic E-state index is 0.00811. The van der Waals surface area contributed by atoms with Gasteiger partial charge in [-0.1, -0.05) is 0 Å². The minimum Gasteiger partial charge on any atom is -0.399 e. The van der Waals surface area contributed by atoms with Crippen LogP contribution in [0.5, 0.6) is 0 Å². The lowest BCUT2D eigenvalue weighted by Gasteiger charge is -2.12. The standard InChI is InChI=1S/C14H14F2N2O2S/c1-8-5-11(3-4-12(8)15)18-21(19,20)14-7-10(17)6-13(16)9(14)2/h3-7,18H,17H2,1-2H3. The van der Waals surface area contributed by atoms with Gasteiger partial charge in [-0.25, -0.2) is 17.2 Å². The maximum atomic E-state index is 13.6. The zero-order valence-electron chi connectivity index (χ0n) is 11.4. The molecule has 0 saturated carbocycles. The fraction of sp³-hybridized carbons (Fsp3) is 0.143. The van der Waals surface area contributed by atoms with Crippen LogP contribution < -0.4 is 10.5 Å². The van der Waals surface area contributed by atoms with Gasteiger partial charge in [0.1, 0.15) is 11.6 Å². The summed E-state index contributed by atoms with van der Waals surface area (Å²) >= 11 is 0. The van der Waals surface area contributed by atoms with E-state index in [0.717, 1.165) is 12.1 Å². The van der Waals surface area contributed by atoms with Crippen LogP contribution in [0.3, 0.4) is 0 Å². The molecule has 0 bridgehead atoms. The molecule has 0 atom stereocenters. The van der Waals surface area contributed by atoms with Crippen molar-refractivity contribution in [2.45, 2.75) is 18.7 Å². The number of benzene rings is 2. The van der Waals surface area contributed by atoms with Gasteiger partial charge in [-0.3, -0.25) is 4.72 Å². The van der Waals surface area contributed by atoms with Crippen molar-refractivity contribution in [1.29, 1.82) is 0 Å². The molecule has 2 aromatic rings. The van der Waals surface area contributed by atoms with Crippen LogP contribution in [0.15, 0.2) is 35.2 Å². The topological polar surface area (TPSA) is 72.2 Å². The fourth-order valence-electron chi connectivity index (χ4n) is 1.87. The van der Waals surface area contributed by atoms with Crippen molar-refractivity contribution in [3.05, 3.63) is 53.1 Å². The molecule has 0 heterocycles. The van der Waals surface area contributed by atoms with Gasteiger partial charge < -0.3 is 5.73 Å². The van der Waals surface area contributed by atoms with E-state index in [1.807, 2.05) is 0 Å². The summed E-state index contributed by atoms with van der Waals surface area (Å²) in [5, 5.41) is 0. The summed E-state index contributed by atoms with van der Waals surface area (Å²) in [6.07, 6.45) is 0. The number of hydrogen-bond donors (Lipinski definition) is 2. The highest BCUT2D eigenvalue weighted by Crippen LogP contribution is 2.24. The number of aryl methyl sites for hydroxylation is 1. The van der Waals surface area contributed by atoms with Crippen LogP contribution in [-0.4, -0.2) is 8.42 Å². The van der Waals surface area contributed by atoms with Crippen LogP contribution in [0.1, 0.15) is 11.1 Å². The highest BCUT2D eigenvalue weighted by Gasteiger charge is 2.20. The summed E-state index contributed by atoms with van der Waals surface area (Å²) in [7, 11) is -4.01. The van der Waals surface area contributed by atoms with E-state index in [1.165, 1.54) is 32.0 Å². The average molecular weight is 312 g/mol. The third-order valence-corrected chi connectivity index (χ3v) is 4.53. The predicted molar refractivity (Wildman–Crippen MR) is 77.5 cm³/mol. The summed E-state index contributed by atoms with van der Waals surface area (Å²) in [5.74, 6) is -1.14. The molecule has 112 valence electrons. The van der Waals surface area contributed by atoms with E-state index in [1.54, 1.807) is 0 Å². The Hall–Kier alpha value is -2.15. The molecule has 3 N–H and O–H groups in total. The Morgan fingerprint density at radius 3 is 2.33 bits per heavy atom. The maximum Gasteiger partial charge on any atom is 0.262 e. The number of nitrogen functional groups attached to an aromatic ring is 1. The van der Waals surface area contributed by atoms with E-state index in [0.29, 0.717) is 5.56 Å². The molecule has 0 unspecified atom stereocenters. The molecule has 2 aromatic carbocycles. The van der Waals surface area contributed by atoms with Gasteiger partial charge in [0, 0.05) is 16.9 Å². The third kappa shape index (κ3) is 3.13. The van der Waals surface area contributed by atoms with Gasteiger partial charge >= 0.3 is 0 Å². The molecule has 0 aromatic heterocycles. The lowest BCUT2D eigenvalue weighted by atomic mass is 10.2. The van der Waals surface area contributed by atoms with Crippen molar-refractivity contribution in [1.82, 2.24) is 0 Å². The van der Waals surface area contributed by atoms with Crippen LogP contribution in [-0.2, 0) is 10.0 Å². The first-order chi connectivity index (χ1) is 9.70. The van der Waals surface area contributed by atoms with E-state index in [-0.39, 0.29) is 21.8 Å². The summed E-state index contributed by atoms with van der Waals surface area (Å²) < 4.78 is 53.7. The smallest absolute Gasteiger partial charge is 0.262 e. The van der Waals surface area contributed by atoms with Crippen LogP contribution in [0.4, 0.5) is 20.2 Å². The van der Waals surface area contributed by atoms with Gasteiger partial charge in [-0.2, -0.15) is 0 Å². The normalized spacial score (nSPS) is 11.4. The molecule has 0 aliphatic carbocycles. The van der Waals surface area contributed by atoms with Crippen LogP contribution in [0.25, 0.3) is 0 Å². The molecule has 0 aliphatic rings. The van der Waals surface area contributed by atoms with E-state index in [2.05, 4.69) is 4.72 Å². The lowest BCUT2D eigenvalue weighted by Crippen LogP contribution is -2.15. The van der Waals surface area contributed by atoms with Gasteiger partial charge in [0.15, 0.2) is 0 Å². The Bertz CT molecular complexity index is 805. The van der Waals surface area contributed by atoms with Crippen LogP contribution in [0.2, 0.25) is 0 Å². The number of nitrogens with two attached hydrogens (primary N) is 1. The van der Waals surface area contributed by atoms with Crippen molar-refractivity contribution < 1.29 is 17.2 Å². The Kier molecular flexibility index (Phi) is 3.87.